The van der Waals surface area contributed by atoms with E-state index in [1.165, 1.54) is 27.8 Å². The minimum Gasteiger partial charge on any atom is -0.457 e. The van der Waals surface area contributed by atoms with E-state index in [2.05, 4.69) is 187 Å². The van der Waals surface area contributed by atoms with E-state index in [9.17, 15) is 0 Å². The highest BCUT2D eigenvalue weighted by Crippen LogP contribution is 2.64. The topological polar surface area (TPSA) is 82.7 Å². The first-order valence-electron chi connectivity index (χ1n) is 23.8. The summed E-state index contributed by atoms with van der Waals surface area (Å²) in [5.41, 5.74) is 11.8. The number of hydrogen-bond acceptors (Lipinski definition) is 7. The third-order valence-corrected chi connectivity index (χ3v) is 14.5. The number of allylic oxidation sites excluding steroid dienone is 10. The Kier molecular flexibility index (Phi) is 9.81. The number of para-hydroxylation sites is 1. The lowest BCUT2D eigenvalue weighted by Crippen LogP contribution is -2.40. The SMILES string of the molecule is C1=CCCC(C2=NC(c3cc(-c4ccc5c(c4)Oc4ccccc4C54c5ccccc5C5C=CC=CC54)cc(C4N=C(c5ccccc5)NC(c5ccccc5)=N4)c3)N=C(C3C=CC=CC3)N2)=C1. The van der Waals surface area contributed by atoms with Gasteiger partial charge in [0.2, 0.25) is 0 Å². The molecule has 6 aromatic rings. The summed E-state index contributed by atoms with van der Waals surface area (Å²) < 4.78 is 7.03. The van der Waals surface area contributed by atoms with E-state index >= 15 is 0 Å². The van der Waals surface area contributed by atoms with Crippen LogP contribution in [0.2, 0.25) is 0 Å². The number of nitrogens with zero attached hydrogens (tertiary/aromatic N) is 4. The lowest BCUT2D eigenvalue weighted by atomic mass is 9.62. The van der Waals surface area contributed by atoms with Gasteiger partial charge in [-0.05, 0) is 88.5 Å². The molecule has 5 atom stereocenters. The van der Waals surface area contributed by atoms with Crippen molar-refractivity contribution in [1.29, 1.82) is 0 Å². The summed E-state index contributed by atoms with van der Waals surface area (Å²) in [6, 6.07) is 51.8. The first kappa shape index (κ1) is 40.1. The molecule has 7 aliphatic rings. The van der Waals surface area contributed by atoms with Crippen molar-refractivity contribution in [3.05, 3.63) is 263 Å². The minimum absolute atomic E-state index is 0.110. The first-order chi connectivity index (χ1) is 33.7. The minimum atomic E-state index is -0.561. The number of amidine groups is 4. The molecular weight excluding hydrogens is 833 g/mol. The summed E-state index contributed by atoms with van der Waals surface area (Å²) in [6.07, 6.45) is 26.1. The van der Waals surface area contributed by atoms with Crippen LogP contribution in [-0.2, 0) is 5.41 Å². The monoisotopic (exact) mass is 880 g/mol. The third-order valence-electron chi connectivity index (χ3n) is 14.5. The summed E-state index contributed by atoms with van der Waals surface area (Å²) in [4.78, 5) is 21.6. The second kappa shape index (κ2) is 16.6. The van der Waals surface area contributed by atoms with Crippen molar-refractivity contribution in [2.75, 3.05) is 0 Å². The number of rotatable bonds is 7. The smallest absolute Gasteiger partial charge is 0.169 e. The Morgan fingerprint density at radius 1 is 0.500 bits per heavy atom. The molecule has 7 nitrogen and oxygen atoms in total. The maximum atomic E-state index is 7.03. The molecule has 4 aliphatic carbocycles. The van der Waals surface area contributed by atoms with Gasteiger partial charge in [0.1, 0.15) is 34.8 Å². The van der Waals surface area contributed by atoms with Crippen LogP contribution in [0.3, 0.4) is 0 Å². The molecule has 5 unspecified atom stereocenters. The zero-order valence-electron chi connectivity index (χ0n) is 37.4. The van der Waals surface area contributed by atoms with Crippen molar-refractivity contribution in [1.82, 2.24) is 10.6 Å². The highest BCUT2D eigenvalue weighted by atomic mass is 16.5. The predicted molar refractivity (Wildman–Crippen MR) is 275 cm³/mol. The maximum absolute atomic E-state index is 7.03. The molecule has 68 heavy (non-hydrogen) atoms. The average molecular weight is 881 g/mol. The van der Waals surface area contributed by atoms with Gasteiger partial charge >= 0.3 is 0 Å². The van der Waals surface area contributed by atoms with Gasteiger partial charge in [0.15, 0.2) is 12.3 Å². The van der Waals surface area contributed by atoms with Gasteiger partial charge in [-0.2, -0.15) is 0 Å². The van der Waals surface area contributed by atoms with Gasteiger partial charge in [-0.3, -0.25) is 0 Å². The molecule has 1 spiro atoms. The fourth-order valence-electron chi connectivity index (χ4n) is 11.3. The van der Waals surface area contributed by atoms with Gasteiger partial charge in [-0.15, -0.1) is 0 Å². The van der Waals surface area contributed by atoms with Crippen LogP contribution in [-0.4, -0.2) is 23.3 Å². The van der Waals surface area contributed by atoms with Gasteiger partial charge in [0, 0.05) is 40.0 Å². The van der Waals surface area contributed by atoms with E-state index in [1.807, 2.05) is 36.4 Å². The van der Waals surface area contributed by atoms with Crippen molar-refractivity contribution in [3.63, 3.8) is 0 Å². The Balaban J connectivity index is 1.00. The van der Waals surface area contributed by atoms with E-state index in [4.69, 9.17) is 24.7 Å². The predicted octanol–water partition coefficient (Wildman–Crippen LogP) is 12.9. The Morgan fingerprint density at radius 2 is 1.18 bits per heavy atom. The summed E-state index contributed by atoms with van der Waals surface area (Å²) >= 11 is 0. The van der Waals surface area contributed by atoms with Crippen LogP contribution in [0, 0.1) is 11.8 Å². The van der Waals surface area contributed by atoms with E-state index in [-0.39, 0.29) is 17.8 Å². The number of nitrogens with one attached hydrogen (secondary N) is 2. The first-order valence-corrected chi connectivity index (χ1v) is 23.8. The molecule has 3 heterocycles. The van der Waals surface area contributed by atoms with Gasteiger partial charge in [-0.25, -0.2) is 20.0 Å². The molecule has 0 saturated heterocycles. The maximum Gasteiger partial charge on any atom is 0.169 e. The highest BCUT2D eigenvalue weighted by molar-refractivity contribution is 6.16. The van der Waals surface area contributed by atoms with E-state index in [0.29, 0.717) is 0 Å². The number of hydrogen-bond donors (Lipinski definition) is 2. The molecule has 0 amide bonds. The molecule has 0 aromatic heterocycles. The van der Waals surface area contributed by atoms with Crippen LogP contribution < -0.4 is 15.4 Å². The van der Waals surface area contributed by atoms with E-state index < -0.39 is 17.7 Å². The molecule has 3 aliphatic heterocycles. The Labute approximate surface area is 396 Å². The van der Waals surface area contributed by atoms with Crippen LogP contribution in [0.15, 0.2) is 238 Å². The molecular formula is C61H48N6O. The van der Waals surface area contributed by atoms with E-state index in [1.54, 1.807) is 0 Å². The molecule has 0 radical (unpaired) electrons. The van der Waals surface area contributed by atoms with Gasteiger partial charge in [0.25, 0.3) is 0 Å². The summed E-state index contributed by atoms with van der Waals surface area (Å²) in [6.45, 7) is 0. The molecule has 13 rings (SSSR count). The number of fused-ring (bicyclic) bond motifs is 9. The van der Waals surface area contributed by atoms with Gasteiger partial charge < -0.3 is 15.4 Å². The molecule has 7 heteroatoms. The van der Waals surface area contributed by atoms with Gasteiger partial charge in [-0.1, -0.05) is 182 Å². The largest absolute Gasteiger partial charge is 0.457 e. The summed E-state index contributed by atoms with van der Waals surface area (Å²) in [5, 5.41) is 7.28. The zero-order valence-corrected chi connectivity index (χ0v) is 37.4. The van der Waals surface area contributed by atoms with Crippen molar-refractivity contribution in [2.24, 2.45) is 31.8 Å². The molecule has 2 N–H and O–H groups in total. The lowest BCUT2D eigenvalue weighted by molar-refractivity contribution is 0.374. The van der Waals surface area contributed by atoms with Crippen molar-refractivity contribution < 1.29 is 4.74 Å². The Morgan fingerprint density at radius 3 is 1.93 bits per heavy atom. The number of aliphatic imine (C=N–C) groups is 4. The van der Waals surface area contributed by atoms with Gasteiger partial charge in [0.05, 0.1) is 5.41 Å². The van der Waals surface area contributed by atoms with Crippen molar-refractivity contribution in [2.45, 2.75) is 42.9 Å². The van der Waals surface area contributed by atoms with Crippen LogP contribution in [0.4, 0.5) is 0 Å². The summed E-state index contributed by atoms with van der Waals surface area (Å²) in [5.74, 6) is 5.63. The lowest BCUT2D eigenvalue weighted by Gasteiger charge is -2.43. The zero-order chi connectivity index (χ0) is 45.0. The number of ether oxygens (including phenoxy) is 1. The number of benzene rings is 6. The van der Waals surface area contributed by atoms with Crippen molar-refractivity contribution >= 4 is 23.3 Å². The Hall–Kier alpha value is -8.16. The molecule has 0 saturated carbocycles. The normalized spacial score (nSPS) is 23.9. The fraction of sp³-hybridized carbons (Fsp3) is 0.148. The Bertz CT molecular complexity index is 3280. The van der Waals surface area contributed by atoms with Crippen LogP contribution in [0.1, 0.15) is 82.0 Å². The fourth-order valence-corrected chi connectivity index (χ4v) is 11.3. The van der Waals surface area contributed by atoms with Crippen LogP contribution in [0.5, 0.6) is 11.5 Å². The highest BCUT2D eigenvalue weighted by Gasteiger charge is 2.56. The molecule has 0 fully saturated rings. The third kappa shape index (κ3) is 6.79. The van der Waals surface area contributed by atoms with E-state index in [0.717, 1.165) is 87.5 Å². The van der Waals surface area contributed by atoms with Crippen LogP contribution >= 0.6 is 0 Å². The molecule has 328 valence electrons. The average Bonchev–Trinajstić information content (AvgIpc) is 3.71. The molecule has 0 bridgehead atoms. The van der Waals surface area contributed by atoms with Crippen molar-refractivity contribution in [3.8, 4) is 22.6 Å². The second-order valence-electron chi connectivity index (χ2n) is 18.4. The summed E-state index contributed by atoms with van der Waals surface area (Å²) in [7, 11) is 0. The second-order valence-corrected chi connectivity index (χ2v) is 18.4. The molecule has 6 aromatic carbocycles. The van der Waals surface area contributed by atoms with Crippen LogP contribution in [0.25, 0.3) is 11.1 Å². The standard InChI is InChI=1S/C61H48N6O/c1-5-19-39(20-6-1)55-62-56(40-21-7-2-8-22-40)65-59(64-55)45-35-44(36-46(37-45)60-66-57(41-23-9-3-10-24-41)63-58(67-60)42-25-11-4-12-26-42)43-33-34-52-54(38-43)68-53-32-18-17-31-51(53)61(52)49-29-15-13-27-47(49)48-28-14-16-30-50(48)61/h1-11,13-23,25,27-38,41,47,49,59-60H,12,24,26H2,(H,62,64,65)(H,63,66,67). The quantitative estimate of drug-likeness (QED) is 0.168.